The summed E-state index contributed by atoms with van der Waals surface area (Å²) in [6, 6.07) is 9.48. The van der Waals surface area contributed by atoms with Crippen molar-refractivity contribution in [1.29, 1.82) is 0 Å². The highest BCUT2D eigenvalue weighted by atomic mass is 35.5. The molecule has 0 radical (unpaired) electrons. The van der Waals surface area contributed by atoms with Crippen molar-refractivity contribution in [3.05, 3.63) is 63.6 Å². The summed E-state index contributed by atoms with van der Waals surface area (Å²) in [6.45, 7) is 7.38. The molecule has 0 spiro atoms. The lowest BCUT2D eigenvalue weighted by Gasteiger charge is -2.35. The molecule has 2 atom stereocenters. The van der Waals surface area contributed by atoms with Crippen molar-refractivity contribution < 1.29 is 33.4 Å². The van der Waals surface area contributed by atoms with Gasteiger partial charge in [-0.3, -0.25) is 19.2 Å². The van der Waals surface area contributed by atoms with Gasteiger partial charge in [-0.1, -0.05) is 41.4 Å². The molecular formula is C30H35Cl2N3O7S. The number of ether oxygens (including phenoxy) is 2. The topological polar surface area (TPSA) is 131 Å². The molecule has 1 aliphatic rings. The smallest absolute Gasteiger partial charge is 0.328 e. The van der Waals surface area contributed by atoms with Crippen LogP contribution in [0.25, 0.3) is 0 Å². The van der Waals surface area contributed by atoms with E-state index in [0.717, 1.165) is 0 Å². The average molecular weight is 653 g/mol. The van der Waals surface area contributed by atoms with E-state index in [1.807, 2.05) is 27.7 Å². The lowest BCUT2D eigenvalue weighted by molar-refractivity contribution is -0.149. The third kappa shape index (κ3) is 8.21. The Morgan fingerprint density at radius 3 is 2.09 bits per heavy atom. The Bertz CT molecular complexity index is 1380. The molecule has 1 saturated heterocycles. The number of esters is 2. The van der Waals surface area contributed by atoms with Gasteiger partial charge in [0.15, 0.2) is 0 Å². The lowest BCUT2D eigenvalue weighted by Crippen LogP contribution is -2.59. The molecule has 13 heteroatoms. The van der Waals surface area contributed by atoms with E-state index in [-0.39, 0.29) is 40.8 Å². The van der Waals surface area contributed by atoms with Crippen LogP contribution >= 0.6 is 35.0 Å². The third-order valence-corrected chi connectivity index (χ3v) is 9.02. The molecule has 43 heavy (non-hydrogen) atoms. The van der Waals surface area contributed by atoms with Gasteiger partial charge in [0.05, 0.1) is 41.1 Å². The molecule has 0 bridgehead atoms. The molecule has 3 rings (SSSR count). The Balaban J connectivity index is 1.77. The summed E-state index contributed by atoms with van der Waals surface area (Å²) in [5, 5.41) is 5.95. The van der Waals surface area contributed by atoms with E-state index < -0.39 is 45.5 Å². The zero-order valence-corrected chi connectivity index (χ0v) is 27.1. The number of benzene rings is 2. The van der Waals surface area contributed by atoms with Gasteiger partial charge in [0.2, 0.25) is 11.8 Å². The van der Waals surface area contributed by atoms with Crippen molar-refractivity contribution in [2.45, 2.75) is 68.7 Å². The molecule has 0 unspecified atom stereocenters. The van der Waals surface area contributed by atoms with Gasteiger partial charge < -0.3 is 25.0 Å². The molecule has 0 aliphatic carbocycles. The minimum Gasteiger partial charge on any atom is -0.469 e. The first-order valence-electron chi connectivity index (χ1n) is 13.4. The largest absolute Gasteiger partial charge is 0.469 e. The Morgan fingerprint density at radius 1 is 0.930 bits per heavy atom. The minimum absolute atomic E-state index is 0.0863. The number of thioether (sulfide) groups is 1. The van der Waals surface area contributed by atoms with Crippen LogP contribution in [0.3, 0.4) is 0 Å². The van der Waals surface area contributed by atoms with Gasteiger partial charge >= 0.3 is 11.9 Å². The number of hydrogen-bond donors (Lipinski definition) is 2. The van der Waals surface area contributed by atoms with E-state index in [9.17, 15) is 24.0 Å². The first-order chi connectivity index (χ1) is 20.1. The Hall–Kier alpha value is -3.28. The highest BCUT2D eigenvalue weighted by Crippen LogP contribution is 2.51. The number of hydrogen-bond acceptors (Lipinski definition) is 8. The van der Waals surface area contributed by atoms with Crippen molar-refractivity contribution in [2.75, 3.05) is 19.5 Å². The van der Waals surface area contributed by atoms with Gasteiger partial charge in [0, 0.05) is 23.3 Å². The average Bonchev–Trinajstić information content (AvgIpc) is 3.14. The number of nitrogens with zero attached hydrogens (tertiary/aromatic N) is 1. The molecule has 10 nitrogen and oxygen atoms in total. The van der Waals surface area contributed by atoms with Gasteiger partial charge in [-0.2, -0.15) is 0 Å². The van der Waals surface area contributed by atoms with Crippen LogP contribution in [0.2, 0.25) is 10.0 Å². The monoisotopic (exact) mass is 651 g/mol. The van der Waals surface area contributed by atoms with E-state index >= 15 is 0 Å². The number of amides is 3. The van der Waals surface area contributed by atoms with Crippen LogP contribution in [0.5, 0.6) is 0 Å². The maximum Gasteiger partial charge on any atom is 0.328 e. The summed E-state index contributed by atoms with van der Waals surface area (Å²) in [7, 11) is 2.47. The van der Waals surface area contributed by atoms with Gasteiger partial charge in [-0.05, 0) is 57.5 Å². The number of carbonyl (C=O) groups excluding carboxylic acids is 5. The summed E-state index contributed by atoms with van der Waals surface area (Å²) in [5.74, 6) is -2.56. The normalized spacial score (nSPS) is 17.5. The summed E-state index contributed by atoms with van der Waals surface area (Å²) in [5.41, 5.74) is 1.30. The van der Waals surface area contributed by atoms with Crippen molar-refractivity contribution in [1.82, 2.24) is 10.2 Å². The molecule has 2 N–H and O–H groups in total. The van der Waals surface area contributed by atoms with Gasteiger partial charge in [-0.25, -0.2) is 4.79 Å². The quantitative estimate of drug-likeness (QED) is 0.348. The number of nitrogens with one attached hydrogen (secondary N) is 2. The van der Waals surface area contributed by atoms with E-state index in [0.29, 0.717) is 11.3 Å². The van der Waals surface area contributed by atoms with Crippen LogP contribution in [0.4, 0.5) is 5.69 Å². The molecule has 0 saturated carbocycles. The zero-order chi connectivity index (χ0) is 32.1. The van der Waals surface area contributed by atoms with Crippen LogP contribution in [0.1, 0.15) is 56.5 Å². The van der Waals surface area contributed by atoms with Crippen LogP contribution in [0.15, 0.2) is 42.5 Å². The van der Waals surface area contributed by atoms with Gasteiger partial charge in [0.25, 0.3) is 5.91 Å². The van der Waals surface area contributed by atoms with Crippen LogP contribution in [-0.2, 0) is 35.1 Å². The van der Waals surface area contributed by atoms with E-state index in [2.05, 4.69) is 15.4 Å². The van der Waals surface area contributed by atoms with E-state index in [1.54, 1.807) is 42.5 Å². The second kappa shape index (κ2) is 14.0. The van der Waals surface area contributed by atoms with Crippen molar-refractivity contribution >= 4 is 70.3 Å². The lowest BCUT2D eigenvalue weighted by atomic mass is 9.97. The van der Waals surface area contributed by atoms with Gasteiger partial charge in [-0.15, -0.1) is 11.8 Å². The minimum atomic E-state index is -1.06. The van der Waals surface area contributed by atoms with Crippen LogP contribution < -0.4 is 10.6 Å². The maximum atomic E-state index is 13.8. The molecule has 2 aromatic rings. The van der Waals surface area contributed by atoms with Gasteiger partial charge in [0.1, 0.15) is 12.1 Å². The predicted molar refractivity (Wildman–Crippen MR) is 166 cm³/mol. The number of rotatable bonds is 10. The Labute approximate surface area is 265 Å². The van der Waals surface area contributed by atoms with Crippen LogP contribution in [-0.4, -0.2) is 70.5 Å². The summed E-state index contributed by atoms with van der Waals surface area (Å²) >= 11 is 13.7. The molecule has 0 aromatic heterocycles. The Morgan fingerprint density at radius 2 is 1.53 bits per heavy atom. The third-order valence-electron chi connectivity index (χ3n) is 6.94. The Kier molecular flexibility index (Phi) is 11.1. The fourth-order valence-corrected chi connectivity index (χ4v) is 7.62. The molecule has 1 aliphatic heterocycles. The molecular weight excluding hydrogens is 617 g/mol. The standard InChI is InChI=1S/C30H35Cl2N3O7S/c1-29(2)25(35(30(3,4)43-29)22(36)14-15-23(37)41-5)27(39)34-21(28(40)42-6)16-17-10-12-18(13-11-17)33-26(38)24-19(31)8-7-9-20(24)32/h7-13,21,25H,14-16H2,1-6H3,(H,33,38)(H,34,39)/t21-,25-/m0/s1. The van der Waals surface area contributed by atoms with Crippen LogP contribution in [0, 0.1) is 0 Å². The fourth-order valence-electron chi connectivity index (χ4n) is 5.13. The number of halogens is 2. The fraction of sp³-hybridized carbons (Fsp3) is 0.433. The van der Waals surface area contributed by atoms with E-state index in [1.165, 1.54) is 30.9 Å². The maximum absolute atomic E-state index is 13.8. The second-order valence-electron chi connectivity index (χ2n) is 10.9. The summed E-state index contributed by atoms with van der Waals surface area (Å²) < 4.78 is 8.92. The predicted octanol–water partition coefficient (Wildman–Crippen LogP) is 4.86. The van der Waals surface area contributed by atoms with E-state index in [4.69, 9.17) is 27.9 Å². The summed E-state index contributed by atoms with van der Waals surface area (Å²) in [6.07, 6.45) is -0.153. The highest BCUT2D eigenvalue weighted by molar-refractivity contribution is 8.02. The first kappa shape index (κ1) is 34.2. The summed E-state index contributed by atoms with van der Waals surface area (Å²) in [4.78, 5) is 64.9. The second-order valence-corrected chi connectivity index (χ2v) is 14.0. The zero-order valence-electron chi connectivity index (χ0n) is 24.8. The number of anilines is 1. The SMILES string of the molecule is COC(=O)CCC(=O)N1[C@@H](C(=O)N[C@@H](Cc2ccc(NC(=O)c3c(Cl)cccc3Cl)cc2)C(=O)OC)C(C)(C)SC1(C)C. The molecule has 3 amide bonds. The molecule has 1 fully saturated rings. The molecule has 232 valence electrons. The van der Waals surface area contributed by atoms with Crippen molar-refractivity contribution in [3.8, 4) is 0 Å². The van der Waals surface area contributed by atoms with Crippen molar-refractivity contribution in [3.63, 3.8) is 0 Å². The number of carbonyl (C=O) groups is 5. The number of methoxy groups -OCH3 is 2. The highest BCUT2D eigenvalue weighted by Gasteiger charge is 2.56. The first-order valence-corrected chi connectivity index (χ1v) is 15.0. The molecule has 2 aromatic carbocycles. The molecule has 1 heterocycles. The van der Waals surface area contributed by atoms with Crippen molar-refractivity contribution in [2.24, 2.45) is 0 Å².